The average Bonchev–Trinajstić information content (AvgIpc) is 2.27. The van der Waals surface area contributed by atoms with Gasteiger partial charge in [-0.3, -0.25) is 4.72 Å². The number of carboxylic acids is 1. The van der Waals surface area contributed by atoms with Crippen LogP contribution in [0.3, 0.4) is 0 Å². The topological polar surface area (TPSA) is 116 Å². The van der Waals surface area contributed by atoms with Crippen molar-refractivity contribution in [3.05, 3.63) is 24.3 Å². The maximum absolute atomic E-state index is 11.4. The van der Waals surface area contributed by atoms with Crippen molar-refractivity contribution in [2.75, 3.05) is 17.1 Å². The van der Waals surface area contributed by atoms with Crippen LogP contribution in [0.1, 0.15) is 0 Å². The van der Waals surface area contributed by atoms with E-state index in [-0.39, 0.29) is 11.4 Å². The molecule has 0 aromatic heterocycles. The van der Waals surface area contributed by atoms with E-state index in [0.29, 0.717) is 0 Å². The van der Waals surface area contributed by atoms with E-state index in [1.165, 1.54) is 18.2 Å². The zero-order chi connectivity index (χ0) is 13.6. The van der Waals surface area contributed by atoms with Crippen LogP contribution >= 0.6 is 0 Å². The number of nitriles is 1. The number of aliphatic carboxylic acids is 1. The summed E-state index contributed by atoms with van der Waals surface area (Å²) < 4.78 is 29.8. The summed E-state index contributed by atoms with van der Waals surface area (Å²) in [6, 6.07) is 7.47. The predicted molar refractivity (Wildman–Crippen MR) is 62.6 cm³/mol. The molecule has 1 aromatic carbocycles. The van der Waals surface area contributed by atoms with E-state index in [0.717, 1.165) is 0 Å². The Morgan fingerprint density at radius 3 is 2.72 bits per heavy atom. The molecule has 0 amide bonds. The van der Waals surface area contributed by atoms with Crippen LogP contribution in [0.25, 0.3) is 0 Å². The Kier molecular flexibility index (Phi) is 4.51. The van der Waals surface area contributed by atoms with E-state index in [2.05, 4.69) is 4.72 Å². The molecule has 1 rings (SSSR count). The lowest BCUT2D eigenvalue weighted by Gasteiger charge is -2.10. The molecule has 0 saturated carbocycles. The minimum Gasteiger partial charge on any atom is -0.480 e. The fourth-order valence-corrected chi connectivity index (χ4v) is 1.85. The van der Waals surface area contributed by atoms with Crippen LogP contribution in [0.5, 0.6) is 5.75 Å². The summed E-state index contributed by atoms with van der Waals surface area (Å²) in [6.07, 6.45) is 0. The van der Waals surface area contributed by atoms with Gasteiger partial charge in [0.2, 0.25) is 10.0 Å². The van der Waals surface area contributed by atoms with E-state index in [1.54, 1.807) is 12.1 Å². The quantitative estimate of drug-likeness (QED) is 0.773. The second-order valence-electron chi connectivity index (χ2n) is 3.20. The normalized spacial score (nSPS) is 10.4. The number of anilines is 1. The lowest BCUT2D eigenvalue weighted by molar-refractivity contribution is -0.139. The molecule has 0 radical (unpaired) electrons. The third-order valence-electron chi connectivity index (χ3n) is 1.76. The van der Waals surface area contributed by atoms with Gasteiger partial charge in [-0.2, -0.15) is 5.26 Å². The first-order valence-electron chi connectivity index (χ1n) is 4.75. The first-order valence-corrected chi connectivity index (χ1v) is 6.41. The maximum Gasteiger partial charge on any atom is 0.341 e. The lowest BCUT2D eigenvalue weighted by Crippen LogP contribution is -2.17. The third kappa shape index (κ3) is 4.31. The standard InChI is InChI=1S/C10H10N2O5S/c11-5-6-18(15,16)12-8-3-1-2-4-9(8)17-7-10(13)14/h1-4,12H,6-7H2,(H,13,14). The number of benzene rings is 1. The second-order valence-corrected chi connectivity index (χ2v) is 4.92. The van der Waals surface area contributed by atoms with Crippen molar-refractivity contribution in [3.8, 4) is 11.8 Å². The van der Waals surface area contributed by atoms with Gasteiger partial charge < -0.3 is 9.84 Å². The number of sulfonamides is 1. The molecule has 2 N–H and O–H groups in total. The molecular weight excluding hydrogens is 260 g/mol. The number of ether oxygens (including phenoxy) is 1. The Labute approximate surface area is 104 Å². The molecule has 0 fully saturated rings. The molecule has 0 atom stereocenters. The Balaban J connectivity index is 2.89. The van der Waals surface area contributed by atoms with E-state index in [9.17, 15) is 13.2 Å². The van der Waals surface area contributed by atoms with Crippen molar-refractivity contribution in [2.45, 2.75) is 0 Å². The Morgan fingerprint density at radius 1 is 1.44 bits per heavy atom. The van der Waals surface area contributed by atoms with E-state index >= 15 is 0 Å². The molecule has 7 nitrogen and oxygen atoms in total. The number of para-hydroxylation sites is 2. The van der Waals surface area contributed by atoms with E-state index in [1.807, 2.05) is 0 Å². The highest BCUT2D eigenvalue weighted by molar-refractivity contribution is 7.92. The molecule has 0 heterocycles. The first kappa shape index (κ1) is 13.8. The summed E-state index contributed by atoms with van der Waals surface area (Å²) >= 11 is 0. The summed E-state index contributed by atoms with van der Waals surface area (Å²) in [6.45, 7) is -0.586. The van der Waals surface area contributed by atoms with Crippen molar-refractivity contribution in [3.63, 3.8) is 0 Å². The molecule has 0 saturated heterocycles. The minimum atomic E-state index is -3.78. The van der Waals surface area contributed by atoms with Crippen LogP contribution in [0, 0.1) is 11.3 Å². The Hall–Kier alpha value is -2.27. The molecule has 18 heavy (non-hydrogen) atoms. The van der Waals surface area contributed by atoms with Gasteiger partial charge in [-0.15, -0.1) is 0 Å². The molecule has 0 bridgehead atoms. The van der Waals surface area contributed by atoms with Crippen molar-refractivity contribution in [1.29, 1.82) is 5.26 Å². The molecule has 0 aliphatic carbocycles. The highest BCUT2D eigenvalue weighted by atomic mass is 32.2. The molecule has 8 heteroatoms. The molecule has 1 aromatic rings. The van der Waals surface area contributed by atoms with Crippen LogP contribution in [-0.2, 0) is 14.8 Å². The fourth-order valence-electron chi connectivity index (χ4n) is 1.10. The number of hydrogen-bond donors (Lipinski definition) is 2. The van der Waals surface area contributed by atoms with Gasteiger partial charge in [0.15, 0.2) is 12.4 Å². The van der Waals surface area contributed by atoms with Gasteiger partial charge >= 0.3 is 5.97 Å². The van der Waals surface area contributed by atoms with Gasteiger partial charge in [0.1, 0.15) is 5.75 Å². The monoisotopic (exact) mass is 270 g/mol. The van der Waals surface area contributed by atoms with Crippen LogP contribution in [-0.4, -0.2) is 31.9 Å². The van der Waals surface area contributed by atoms with Gasteiger partial charge in [-0.1, -0.05) is 12.1 Å². The lowest BCUT2D eigenvalue weighted by atomic mass is 10.3. The number of carbonyl (C=O) groups is 1. The van der Waals surface area contributed by atoms with E-state index < -0.39 is 28.4 Å². The largest absolute Gasteiger partial charge is 0.480 e. The summed E-state index contributed by atoms with van der Waals surface area (Å²) in [5, 5.41) is 16.8. The maximum atomic E-state index is 11.4. The average molecular weight is 270 g/mol. The smallest absolute Gasteiger partial charge is 0.341 e. The van der Waals surface area contributed by atoms with Crippen LogP contribution in [0.15, 0.2) is 24.3 Å². The molecule has 0 aliphatic heterocycles. The van der Waals surface area contributed by atoms with E-state index in [4.69, 9.17) is 15.1 Å². The summed E-state index contributed by atoms with van der Waals surface area (Å²) in [7, 11) is -3.78. The predicted octanol–water partition coefficient (Wildman–Crippen LogP) is 0.415. The zero-order valence-electron chi connectivity index (χ0n) is 9.16. The van der Waals surface area contributed by atoms with Gasteiger partial charge in [-0.25, -0.2) is 13.2 Å². The Bertz CT molecular complexity index is 576. The number of hydrogen-bond acceptors (Lipinski definition) is 5. The summed E-state index contributed by atoms with van der Waals surface area (Å²) in [5.41, 5.74) is 0.0917. The van der Waals surface area contributed by atoms with Crippen molar-refractivity contribution < 1.29 is 23.1 Å². The van der Waals surface area contributed by atoms with Gasteiger partial charge in [0, 0.05) is 0 Å². The fraction of sp³-hybridized carbons (Fsp3) is 0.200. The number of rotatable bonds is 6. The minimum absolute atomic E-state index is 0.0846. The second kappa shape index (κ2) is 5.88. The molecule has 96 valence electrons. The summed E-state index contributed by atoms with van der Waals surface area (Å²) in [5.74, 6) is -1.79. The van der Waals surface area contributed by atoms with Gasteiger partial charge in [0.05, 0.1) is 11.8 Å². The van der Waals surface area contributed by atoms with Crippen molar-refractivity contribution in [1.82, 2.24) is 0 Å². The number of carboxylic acid groups (broad SMARTS) is 1. The van der Waals surface area contributed by atoms with Crippen molar-refractivity contribution in [2.24, 2.45) is 0 Å². The highest BCUT2D eigenvalue weighted by Crippen LogP contribution is 2.24. The Morgan fingerprint density at radius 2 is 2.11 bits per heavy atom. The third-order valence-corrected chi connectivity index (χ3v) is 2.80. The molecular formula is C10H10N2O5S. The van der Waals surface area contributed by atoms with Gasteiger partial charge in [0.25, 0.3) is 0 Å². The molecule has 0 aliphatic rings. The SMILES string of the molecule is N#CCS(=O)(=O)Nc1ccccc1OCC(=O)O. The number of nitrogens with one attached hydrogen (secondary N) is 1. The van der Waals surface area contributed by atoms with Crippen molar-refractivity contribution >= 4 is 21.7 Å². The summed E-state index contributed by atoms with van der Waals surface area (Å²) in [4.78, 5) is 10.4. The highest BCUT2D eigenvalue weighted by Gasteiger charge is 2.13. The van der Waals surface area contributed by atoms with Crippen LogP contribution in [0.4, 0.5) is 5.69 Å². The number of nitrogens with zero attached hydrogens (tertiary/aromatic N) is 1. The van der Waals surface area contributed by atoms with Crippen LogP contribution in [0.2, 0.25) is 0 Å². The first-order chi connectivity index (χ1) is 8.44. The molecule has 0 spiro atoms. The molecule has 0 unspecified atom stereocenters. The van der Waals surface area contributed by atoms with Crippen LogP contribution < -0.4 is 9.46 Å². The zero-order valence-corrected chi connectivity index (χ0v) is 9.98. The van der Waals surface area contributed by atoms with Gasteiger partial charge in [-0.05, 0) is 12.1 Å².